The Hall–Kier alpha value is -2.45. The van der Waals surface area contributed by atoms with E-state index < -0.39 is 26.6 Å². The summed E-state index contributed by atoms with van der Waals surface area (Å²) in [5.74, 6) is -2.29. The molecule has 25 heavy (non-hydrogen) atoms. The number of sulfonamides is 1. The number of nitrogens with zero attached hydrogens (tertiary/aromatic N) is 2. The average molecular weight is 384 g/mol. The molecule has 130 valence electrons. The van der Waals surface area contributed by atoms with Crippen LogP contribution >= 0.6 is 11.6 Å². The van der Waals surface area contributed by atoms with Gasteiger partial charge in [-0.1, -0.05) is 23.7 Å². The highest BCUT2D eigenvalue weighted by Gasteiger charge is 2.17. The Labute approximate surface area is 147 Å². The van der Waals surface area contributed by atoms with Crippen molar-refractivity contribution in [1.29, 1.82) is 0 Å². The fourth-order valence-electron chi connectivity index (χ4n) is 2.12. The zero-order valence-electron chi connectivity index (χ0n) is 12.7. The quantitative estimate of drug-likeness (QED) is 0.731. The van der Waals surface area contributed by atoms with Crippen LogP contribution in [0.5, 0.6) is 0 Å². The van der Waals surface area contributed by atoms with Crippen molar-refractivity contribution in [3.63, 3.8) is 0 Å². The summed E-state index contributed by atoms with van der Waals surface area (Å²) in [6.07, 6.45) is 1.59. The molecule has 2 aromatic carbocycles. The van der Waals surface area contributed by atoms with E-state index in [9.17, 15) is 17.2 Å². The van der Waals surface area contributed by atoms with Crippen molar-refractivity contribution in [2.75, 3.05) is 4.72 Å². The minimum Gasteiger partial charge on any atom is -0.266 e. The van der Waals surface area contributed by atoms with E-state index in [2.05, 4.69) is 9.82 Å². The maximum atomic E-state index is 13.2. The molecule has 0 aliphatic rings. The number of benzene rings is 2. The van der Waals surface area contributed by atoms with Gasteiger partial charge in [0.2, 0.25) is 0 Å². The lowest BCUT2D eigenvalue weighted by molar-refractivity contribution is 0.504. The van der Waals surface area contributed by atoms with Crippen LogP contribution < -0.4 is 4.72 Å². The molecular formula is C16H12ClF2N3O2S. The summed E-state index contributed by atoms with van der Waals surface area (Å²) in [6, 6.07) is 11.0. The van der Waals surface area contributed by atoms with E-state index in [4.69, 9.17) is 11.6 Å². The molecule has 0 aliphatic heterocycles. The second-order valence-corrected chi connectivity index (χ2v) is 7.33. The monoisotopic (exact) mass is 383 g/mol. The number of nitrogens with one attached hydrogen (secondary N) is 1. The van der Waals surface area contributed by atoms with Crippen LogP contribution in [0.15, 0.2) is 59.6 Å². The van der Waals surface area contributed by atoms with Gasteiger partial charge in [-0.25, -0.2) is 17.2 Å². The van der Waals surface area contributed by atoms with Gasteiger partial charge in [0.1, 0.15) is 0 Å². The van der Waals surface area contributed by atoms with E-state index >= 15 is 0 Å². The second-order valence-electron chi connectivity index (χ2n) is 5.21. The molecule has 3 aromatic rings. The van der Waals surface area contributed by atoms with Crippen LogP contribution in [0.3, 0.4) is 0 Å². The number of hydrogen-bond donors (Lipinski definition) is 1. The van der Waals surface area contributed by atoms with Gasteiger partial charge in [-0.3, -0.25) is 9.40 Å². The van der Waals surface area contributed by atoms with Gasteiger partial charge >= 0.3 is 0 Å². The predicted octanol–water partition coefficient (Wildman–Crippen LogP) is 3.66. The van der Waals surface area contributed by atoms with Gasteiger partial charge in [-0.15, -0.1) is 0 Å². The standard InChI is InChI=1S/C16H12ClF2N3O2S/c17-12-3-1-11(2-4-12)10-22-8-7-16(20-22)21-25(23,24)13-5-6-14(18)15(19)9-13/h1-9H,10H2,(H,20,21). The summed E-state index contributed by atoms with van der Waals surface area (Å²) in [6.45, 7) is 0.421. The van der Waals surface area contributed by atoms with Crippen LogP contribution in [0.4, 0.5) is 14.6 Å². The number of halogens is 3. The van der Waals surface area contributed by atoms with Crippen LogP contribution in [0.1, 0.15) is 5.56 Å². The molecule has 1 N–H and O–H groups in total. The van der Waals surface area contributed by atoms with Gasteiger partial charge in [0, 0.05) is 17.3 Å². The molecule has 0 aliphatic carbocycles. The van der Waals surface area contributed by atoms with Crippen molar-refractivity contribution in [3.05, 3.63) is 76.9 Å². The highest BCUT2D eigenvalue weighted by molar-refractivity contribution is 7.92. The fourth-order valence-corrected chi connectivity index (χ4v) is 3.26. The summed E-state index contributed by atoms with van der Waals surface area (Å²) in [7, 11) is -4.07. The van der Waals surface area contributed by atoms with E-state index in [0.717, 1.165) is 17.7 Å². The van der Waals surface area contributed by atoms with Crippen molar-refractivity contribution >= 4 is 27.4 Å². The van der Waals surface area contributed by atoms with Gasteiger partial charge in [0.15, 0.2) is 17.5 Å². The average Bonchev–Trinajstić information content (AvgIpc) is 2.98. The number of hydrogen-bond acceptors (Lipinski definition) is 3. The molecule has 0 amide bonds. The fraction of sp³-hybridized carbons (Fsp3) is 0.0625. The molecule has 0 bridgehead atoms. The Kier molecular flexibility index (Phi) is 4.73. The summed E-state index contributed by atoms with van der Waals surface area (Å²) in [4.78, 5) is -0.390. The SMILES string of the molecule is O=S(=O)(Nc1ccn(Cc2ccc(Cl)cc2)n1)c1ccc(F)c(F)c1. The van der Waals surface area contributed by atoms with Gasteiger partial charge in [0.25, 0.3) is 10.0 Å². The summed E-state index contributed by atoms with van der Waals surface area (Å²) in [5.41, 5.74) is 0.933. The largest absolute Gasteiger partial charge is 0.266 e. The van der Waals surface area contributed by atoms with Crippen molar-refractivity contribution in [1.82, 2.24) is 9.78 Å². The minimum atomic E-state index is -4.07. The summed E-state index contributed by atoms with van der Waals surface area (Å²) >= 11 is 5.82. The first-order chi connectivity index (χ1) is 11.8. The first kappa shape index (κ1) is 17.4. The minimum absolute atomic E-state index is 0.0682. The molecule has 0 atom stereocenters. The lowest BCUT2D eigenvalue weighted by Crippen LogP contribution is -2.14. The predicted molar refractivity (Wildman–Crippen MR) is 89.9 cm³/mol. The van der Waals surface area contributed by atoms with Gasteiger partial charge in [-0.05, 0) is 35.9 Å². The lowest BCUT2D eigenvalue weighted by Gasteiger charge is -2.06. The maximum Gasteiger partial charge on any atom is 0.263 e. The highest BCUT2D eigenvalue weighted by Crippen LogP contribution is 2.17. The Balaban J connectivity index is 1.75. The van der Waals surface area contributed by atoms with Crippen LogP contribution in [0.25, 0.3) is 0 Å². The van der Waals surface area contributed by atoms with E-state index in [1.807, 2.05) is 12.1 Å². The van der Waals surface area contributed by atoms with Crippen LogP contribution in [-0.4, -0.2) is 18.2 Å². The molecular weight excluding hydrogens is 372 g/mol. The van der Waals surface area contributed by atoms with Crippen molar-refractivity contribution in [2.24, 2.45) is 0 Å². The molecule has 1 heterocycles. The first-order valence-corrected chi connectivity index (χ1v) is 8.95. The molecule has 0 radical (unpaired) electrons. The molecule has 0 spiro atoms. The number of rotatable bonds is 5. The third-order valence-electron chi connectivity index (χ3n) is 3.34. The molecule has 1 aromatic heterocycles. The first-order valence-electron chi connectivity index (χ1n) is 7.09. The van der Waals surface area contributed by atoms with Gasteiger partial charge in [-0.2, -0.15) is 5.10 Å². The molecule has 9 heteroatoms. The van der Waals surface area contributed by atoms with E-state index in [1.54, 1.807) is 18.3 Å². The third-order valence-corrected chi connectivity index (χ3v) is 4.94. The number of anilines is 1. The van der Waals surface area contributed by atoms with Crippen LogP contribution in [0, 0.1) is 11.6 Å². The topological polar surface area (TPSA) is 64.0 Å². The third kappa shape index (κ3) is 4.15. The Morgan fingerprint density at radius 2 is 1.76 bits per heavy atom. The Morgan fingerprint density at radius 3 is 2.44 bits per heavy atom. The molecule has 0 saturated heterocycles. The van der Waals surface area contributed by atoms with E-state index in [0.29, 0.717) is 17.6 Å². The molecule has 0 unspecified atom stereocenters. The number of aromatic nitrogens is 2. The molecule has 0 saturated carbocycles. The normalized spacial score (nSPS) is 11.5. The maximum absolute atomic E-state index is 13.2. The summed E-state index contributed by atoms with van der Waals surface area (Å²) < 4.78 is 54.3. The lowest BCUT2D eigenvalue weighted by atomic mass is 10.2. The van der Waals surface area contributed by atoms with Crippen LogP contribution in [-0.2, 0) is 16.6 Å². The Bertz CT molecular complexity index is 1000. The molecule has 5 nitrogen and oxygen atoms in total. The molecule has 0 fully saturated rings. The van der Waals surface area contributed by atoms with Crippen molar-refractivity contribution < 1.29 is 17.2 Å². The van der Waals surface area contributed by atoms with Gasteiger partial charge < -0.3 is 0 Å². The van der Waals surface area contributed by atoms with E-state index in [1.165, 1.54) is 10.7 Å². The van der Waals surface area contributed by atoms with Crippen molar-refractivity contribution in [2.45, 2.75) is 11.4 Å². The van der Waals surface area contributed by atoms with Crippen LogP contribution in [0.2, 0.25) is 5.02 Å². The highest BCUT2D eigenvalue weighted by atomic mass is 35.5. The second kappa shape index (κ2) is 6.81. The zero-order valence-corrected chi connectivity index (χ0v) is 14.2. The van der Waals surface area contributed by atoms with E-state index in [-0.39, 0.29) is 5.82 Å². The smallest absolute Gasteiger partial charge is 0.263 e. The van der Waals surface area contributed by atoms with Crippen molar-refractivity contribution in [3.8, 4) is 0 Å². The summed E-state index contributed by atoms with van der Waals surface area (Å²) in [5, 5.41) is 4.72. The van der Waals surface area contributed by atoms with Gasteiger partial charge in [0.05, 0.1) is 11.4 Å². The zero-order chi connectivity index (χ0) is 18.0. The molecule has 3 rings (SSSR count). The Morgan fingerprint density at radius 1 is 1.04 bits per heavy atom.